The highest BCUT2D eigenvalue weighted by molar-refractivity contribution is 5.64. The van der Waals surface area contributed by atoms with Crippen LogP contribution in [0, 0.1) is 13.8 Å². The minimum absolute atomic E-state index is 0.484. The quantitative estimate of drug-likeness (QED) is 0.728. The standard InChI is InChI=1S/C22H27N3O/c1-7-18(8-2)19(9-3)13-20-16(5)25(22(23)24-20)14-17-11-10-15(4)21(12-17)26-6/h7-13H,1,3,14H2,2,4-6H3,(H2,23,24)/b18-8+,19-13+. The van der Waals surface area contributed by atoms with E-state index in [4.69, 9.17) is 10.5 Å². The van der Waals surface area contributed by atoms with E-state index in [1.807, 2.05) is 49.6 Å². The molecule has 0 amide bonds. The highest BCUT2D eigenvalue weighted by Gasteiger charge is 2.12. The molecule has 0 unspecified atom stereocenters. The number of benzene rings is 1. The molecular formula is C22H27N3O. The third-order valence-electron chi connectivity index (χ3n) is 4.48. The van der Waals surface area contributed by atoms with Crippen molar-refractivity contribution in [2.24, 2.45) is 0 Å². The van der Waals surface area contributed by atoms with Crippen molar-refractivity contribution in [3.8, 4) is 5.75 Å². The van der Waals surface area contributed by atoms with E-state index in [1.54, 1.807) is 13.2 Å². The van der Waals surface area contributed by atoms with Gasteiger partial charge in [0.1, 0.15) is 5.75 Å². The maximum atomic E-state index is 6.18. The lowest BCUT2D eigenvalue weighted by atomic mass is 10.0. The third-order valence-corrected chi connectivity index (χ3v) is 4.48. The van der Waals surface area contributed by atoms with Crippen LogP contribution in [0.5, 0.6) is 5.75 Å². The number of anilines is 1. The van der Waals surface area contributed by atoms with Gasteiger partial charge in [0.2, 0.25) is 5.95 Å². The number of rotatable bonds is 7. The molecule has 0 aliphatic rings. The molecule has 4 heteroatoms. The molecule has 1 aromatic heterocycles. The van der Waals surface area contributed by atoms with E-state index in [0.29, 0.717) is 12.5 Å². The molecule has 26 heavy (non-hydrogen) atoms. The fourth-order valence-electron chi connectivity index (χ4n) is 2.87. The molecule has 0 radical (unpaired) electrons. The molecule has 0 aliphatic carbocycles. The SMILES string of the molecule is C=CC(=C\C)/C(C=C)=C/c1nc(N)n(Cc2ccc(C)c(OC)c2)c1C. The van der Waals surface area contributed by atoms with Gasteiger partial charge < -0.3 is 15.0 Å². The maximum absolute atomic E-state index is 6.18. The van der Waals surface area contributed by atoms with Gasteiger partial charge in [-0.05, 0) is 55.2 Å². The molecule has 0 spiro atoms. The topological polar surface area (TPSA) is 53.1 Å². The lowest BCUT2D eigenvalue weighted by molar-refractivity contribution is 0.411. The van der Waals surface area contributed by atoms with Crippen LogP contribution in [0.15, 0.2) is 60.7 Å². The molecule has 0 saturated carbocycles. The Bertz CT molecular complexity index is 885. The van der Waals surface area contributed by atoms with E-state index >= 15 is 0 Å². The van der Waals surface area contributed by atoms with Gasteiger partial charge in [-0.2, -0.15) is 0 Å². The van der Waals surface area contributed by atoms with Crippen molar-refractivity contribution >= 4 is 12.0 Å². The van der Waals surface area contributed by atoms with Gasteiger partial charge >= 0.3 is 0 Å². The zero-order valence-electron chi connectivity index (χ0n) is 16.0. The fraction of sp³-hybridized carbons (Fsp3) is 0.227. The number of allylic oxidation sites excluding steroid dienone is 5. The van der Waals surface area contributed by atoms with Crippen molar-refractivity contribution in [1.82, 2.24) is 9.55 Å². The van der Waals surface area contributed by atoms with Gasteiger partial charge in [0.05, 0.1) is 19.3 Å². The molecule has 2 aromatic rings. The zero-order chi connectivity index (χ0) is 19.3. The summed E-state index contributed by atoms with van der Waals surface area (Å²) in [7, 11) is 1.68. The van der Waals surface area contributed by atoms with Crippen LogP contribution < -0.4 is 10.5 Å². The van der Waals surface area contributed by atoms with E-state index in [0.717, 1.165) is 39.4 Å². The third kappa shape index (κ3) is 3.97. The van der Waals surface area contributed by atoms with Gasteiger partial charge in [0.25, 0.3) is 0 Å². The van der Waals surface area contributed by atoms with Gasteiger partial charge in [-0.25, -0.2) is 4.98 Å². The van der Waals surface area contributed by atoms with Gasteiger partial charge in [0.15, 0.2) is 0 Å². The van der Waals surface area contributed by atoms with E-state index < -0.39 is 0 Å². The van der Waals surface area contributed by atoms with Crippen LogP contribution in [0.1, 0.15) is 29.4 Å². The summed E-state index contributed by atoms with van der Waals surface area (Å²) < 4.78 is 7.41. The average molecular weight is 349 g/mol. The number of hydrogen-bond donors (Lipinski definition) is 1. The first kappa shape index (κ1) is 19.3. The van der Waals surface area contributed by atoms with E-state index in [2.05, 4.69) is 30.3 Å². The molecule has 0 fully saturated rings. The van der Waals surface area contributed by atoms with Crippen LogP contribution in [0.3, 0.4) is 0 Å². The van der Waals surface area contributed by atoms with Crippen LogP contribution in [0.4, 0.5) is 5.95 Å². The number of hydrogen-bond acceptors (Lipinski definition) is 3. The molecule has 0 atom stereocenters. The summed E-state index contributed by atoms with van der Waals surface area (Å²) in [6.07, 6.45) is 7.59. The number of nitrogen functional groups attached to an aromatic ring is 1. The van der Waals surface area contributed by atoms with Crippen molar-refractivity contribution in [2.75, 3.05) is 12.8 Å². The number of aromatic nitrogens is 2. The Morgan fingerprint density at radius 1 is 1.23 bits per heavy atom. The molecular weight excluding hydrogens is 322 g/mol. The monoisotopic (exact) mass is 349 g/mol. The predicted octanol–water partition coefficient (Wildman–Crippen LogP) is 4.84. The molecule has 136 valence electrons. The predicted molar refractivity (Wildman–Crippen MR) is 110 cm³/mol. The first-order valence-corrected chi connectivity index (χ1v) is 8.54. The Balaban J connectivity index is 2.42. The van der Waals surface area contributed by atoms with Crippen molar-refractivity contribution in [2.45, 2.75) is 27.3 Å². The summed E-state index contributed by atoms with van der Waals surface area (Å²) in [4.78, 5) is 4.53. The Kier molecular flexibility index (Phi) is 6.23. The van der Waals surface area contributed by atoms with E-state index in [-0.39, 0.29) is 0 Å². The molecule has 0 saturated heterocycles. The number of methoxy groups -OCH3 is 1. The summed E-state index contributed by atoms with van der Waals surface area (Å²) in [5.41, 5.74) is 12.2. The summed E-state index contributed by atoms with van der Waals surface area (Å²) >= 11 is 0. The van der Waals surface area contributed by atoms with Gasteiger partial charge in [-0.1, -0.05) is 43.5 Å². The molecule has 2 N–H and O–H groups in total. The number of nitrogens with zero attached hydrogens (tertiary/aromatic N) is 2. The largest absolute Gasteiger partial charge is 0.496 e. The summed E-state index contributed by atoms with van der Waals surface area (Å²) in [5.74, 6) is 1.36. The van der Waals surface area contributed by atoms with Crippen LogP contribution in [0.25, 0.3) is 6.08 Å². The minimum atomic E-state index is 0.484. The first-order valence-electron chi connectivity index (χ1n) is 8.54. The molecule has 1 heterocycles. The van der Waals surface area contributed by atoms with Crippen molar-refractivity contribution in [3.05, 3.63) is 83.2 Å². The van der Waals surface area contributed by atoms with Crippen LogP contribution in [0.2, 0.25) is 0 Å². The first-order chi connectivity index (χ1) is 12.4. The van der Waals surface area contributed by atoms with Crippen LogP contribution >= 0.6 is 0 Å². The second-order valence-electron chi connectivity index (χ2n) is 6.08. The number of ether oxygens (including phenoxy) is 1. The number of imidazole rings is 1. The summed E-state index contributed by atoms with van der Waals surface area (Å²) in [6.45, 7) is 14.4. The highest BCUT2D eigenvalue weighted by atomic mass is 16.5. The minimum Gasteiger partial charge on any atom is -0.496 e. The van der Waals surface area contributed by atoms with E-state index in [9.17, 15) is 0 Å². The maximum Gasteiger partial charge on any atom is 0.201 e. The molecule has 0 bridgehead atoms. The highest BCUT2D eigenvalue weighted by Crippen LogP contribution is 2.24. The van der Waals surface area contributed by atoms with Gasteiger partial charge in [-0.3, -0.25) is 0 Å². The lowest BCUT2D eigenvalue weighted by Gasteiger charge is -2.11. The average Bonchev–Trinajstić information content (AvgIpc) is 2.90. The van der Waals surface area contributed by atoms with Crippen LogP contribution in [-0.4, -0.2) is 16.7 Å². The molecule has 0 aliphatic heterocycles. The fourth-order valence-corrected chi connectivity index (χ4v) is 2.87. The number of aryl methyl sites for hydroxylation is 1. The van der Waals surface area contributed by atoms with Gasteiger partial charge in [-0.15, -0.1) is 0 Å². The van der Waals surface area contributed by atoms with E-state index in [1.165, 1.54) is 0 Å². The summed E-state index contributed by atoms with van der Waals surface area (Å²) in [6, 6.07) is 6.17. The molecule has 4 nitrogen and oxygen atoms in total. The smallest absolute Gasteiger partial charge is 0.201 e. The molecule has 2 rings (SSSR count). The van der Waals surface area contributed by atoms with Crippen LogP contribution in [-0.2, 0) is 6.54 Å². The normalized spacial score (nSPS) is 12.2. The summed E-state index contributed by atoms with van der Waals surface area (Å²) in [5, 5.41) is 0. The zero-order valence-corrected chi connectivity index (χ0v) is 16.0. The van der Waals surface area contributed by atoms with Crippen molar-refractivity contribution < 1.29 is 4.74 Å². The van der Waals surface area contributed by atoms with Crippen molar-refractivity contribution in [3.63, 3.8) is 0 Å². The van der Waals surface area contributed by atoms with Crippen molar-refractivity contribution in [1.29, 1.82) is 0 Å². The van der Waals surface area contributed by atoms with Gasteiger partial charge in [0, 0.05) is 5.69 Å². The lowest BCUT2D eigenvalue weighted by Crippen LogP contribution is -2.06. The Morgan fingerprint density at radius 3 is 2.50 bits per heavy atom. The molecule has 1 aromatic carbocycles. The second-order valence-corrected chi connectivity index (χ2v) is 6.08. The Labute approximate surface area is 156 Å². The Hall–Kier alpha value is -3.01. The number of nitrogens with two attached hydrogens (primary N) is 1. The Morgan fingerprint density at radius 2 is 1.92 bits per heavy atom. The second kappa shape index (κ2) is 8.39.